The standard InChI is InChI=1S/C9H12O4.C2H4/c1-5-8(10)12-7(4)13-9(11)6(2)3;1-2/h5,7H,1-2H2,3-4H3;1-2H2. The maximum absolute atomic E-state index is 10.9. The molecule has 0 bridgehead atoms. The Morgan fingerprint density at radius 2 is 1.73 bits per heavy atom. The van der Waals surface area contributed by atoms with Gasteiger partial charge in [0.2, 0.25) is 6.29 Å². The topological polar surface area (TPSA) is 52.6 Å². The Morgan fingerprint density at radius 1 is 1.27 bits per heavy atom. The highest BCUT2D eigenvalue weighted by molar-refractivity contribution is 5.87. The molecule has 0 amide bonds. The van der Waals surface area contributed by atoms with Crippen LogP contribution in [0.1, 0.15) is 13.8 Å². The van der Waals surface area contributed by atoms with Crippen LogP contribution in [-0.4, -0.2) is 18.2 Å². The molecule has 0 rings (SSSR count). The van der Waals surface area contributed by atoms with Gasteiger partial charge in [-0.3, -0.25) is 0 Å². The Balaban J connectivity index is 0. The largest absolute Gasteiger partial charge is 0.422 e. The van der Waals surface area contributed by atoms with Gasteiger partial charge in [0.05, 0.1) is 0 Å². The molecule has 0 aromatic carbocycles. The number of hydrogen-bond donors (Lipinski definition) is 0. The van der Waals surface area contributed by atoms with E-state index in [-0.39, 0.29) is 5.57 Å². The van der Waals surface area contributed by atoms with Crippen molar-refractivity contribution in [3.05, 3.63) is 38.0 Å². The van der Waals surface area contributed by atoms with Gasteiger partial charge in [0.1, 0.15) is 0 Å². The molecule has 4 heteroatoms. The summed E-state index contributed by atoms with van der Waals surface area (Å²) < 4.78 is 9.23. The molecule has 0 aliphatic carbocycles. The second-order valence-corrected chi connectivity index (χ2v) is 2.39. The first-order valence-electron chi connectivity index (χ1n) is 4.17. The highest BCUT2D eigenvalue weighted by atomic mass is 16.7. The van der Waals surface area contributed by atoms with E-state index in [9.17, 15) is 9.59 Å². The summed E-state index contributed by atoms with van der Waals surface area (Å²) in [5.74, 6) is -1.23. The maximum Gasteiger partial charge on any atom is 0.336 e. The van der Waals surface area contributed by atoms with E-state index in [1.807, 2.05) is 0 Å². The molecule has 0 aliphatic rings. The summed E-state index contributed by atoms with van der Waals surface area (Å²) in [6.07, 6.45) is 0.0696. The molecule has 0 saturated carbocycles. The molecule has 1 unspecified atom stereocenters. The summed E-state index contributed by atoms with van der Waals surface area (Å²) in [5, 5.41) is 0. The molecule has 15 heavy (non-hydrogen) atoms. The van der Waals surface area contributed by atoms with Crippen molar-refractivity contribution in [1.29, 1.82) is 0 Å². The van der Waals surface area contributed by atoms with Gasteiger partial charge >= 0.3 is 11.9 Å². The van der Waals surface area contributed by atoms with Gasteiger partial charge in [0.15, 0.2) is 0 Å². The molecule has 0 aromatic rings. The zero-order chi connectivity index (χ0) is 12.4. The third-order valence-electron chi connectivity index (χ3n) is 1.07. The van der Waals surface area contributed by atoms with Gasteiger partial charge in [-0.15, -0.1) is 13.2 Å². The number of carbonyl (C=O) groups is 2. The van der Waals surface area contributed by atoms with Crippen LogP contribution in [0.4, 0.5) is 0 Å². The predicted octanol–water partition coefficient (Wildman–Crippen LogP) is 1.98. The number of ether oxygens (including phenoxy) is 2. The summed E-state index contributed by atoms with van der Waals surface area (Å²) in [6.45, 7) is 15.5. The van der Waals surface area contributed by atoms with Crippen LogP contribution in [0.2, 0.25) is 0 Å². The summed E-state index contributed by atoms with van der Waals surface area (Å²) in [7, 11) is 0. The lowest BCUT2D eigenvalue weighted by Gasteiger charge is -2.12. The molecule has 0 heterocycles. The van der Waals surface area contributed by atoms with Gasteiger partial charge in [-0.2, -0.15) is 0 Å². The highest BCUT2D eigenvalue weighted by Gasteiger charge is 2.12. The van der Waals surface area contributed by atoms with Gasteiger partial charge in [-0.25, -0.2) is 9.59 Å². The van der Waals surface area contributed by atoms with E-state index in [1.54, 1.807) is 0 Å². The van der Waals surface area contributed by atoms with Gasteiger partial charge < -0.3 is 9.47 Å². The molecule has 0 spiro atoms. The third-order valence-corrected chi connectivity index (χ3v) is 1.07. The van der Waals surface area contributed by atoms with Crippen molar-refractivity contribution in [3.63, 3.8) is 0 Å². The molecule has 0 N–H and O–H groups in total. The van der Waals surface area contributed by atoms with E-state index in [2.05, 4.69) is 35.8 Å². The van der Waals surface area contributed by atoms with Crippen LogP contribution in [0, 0.1) is 0 Å². The molecule has 0 saturated heterocycles. The Bertz CT molecular complexity index is 255. The van der Waals surface area contributed by atoms with Crippen LogP contribution in [0.5, 0.6) is 0 Å². The molecule has 0 aliphatic heterocycles. The molecule has 0 fully saturated rings. The third kappa shape index (κ3) is 8.49. The SMILES string of the molecule is C=C.C=CC(=O)OC(C)OC(=O)C(=C)C. The van der Waals surface area contributed by atoms with E-state index >= 15 is 0 Å². The smallest absolute Gasteiger partial charge is 0.336 e. The van der Waals surface area contributed by atoms with E-state index in [1.165, 1.54) is 13.8 Å². The van der Waals surface area contributed by atoms with E-state index < -0.39 is 18.2 Å². The zero-order valence-electron chi connectivity index (χ0n) is 9.12. The quantitative estimate of drug-likeness (QED) is 0.309. The van der Waals surface area contributed by atoms with Crippen molar-refractivity contribution < 1.29 is 19.1 Å². The van der Waals surface area contributed by atoms with Crippen LogP contribution < -0.4 is 0 Å². The molecule has 0 aromatic heterocycles. The lowest BCUT2D eigenvalue weighted by atomic mass is 10.4. The first-order valence-corrected chi connectivity index (χ1v) is 4.17. The Labute approximate surface area is 89.9 Å². The van der Waals surface area contributed by atoms with Gasteiger partial charge in [0.25, 0.3) is 0 Å². The Morgan fingerprint density at radius 3 is 2.07 bits per heavy atom. The molecule has 4 nitrogen and oxygen atoms in total. The van der Waals surface area contributed by atoms with E-state index in [0.29, 0.717) is 0 Å². The minimum atomic E-state index is -0.922. The fourth-order valence-electron chi connectivity index (χ4n) is 0.487. The molecule has 84 valence electrons. The lowest BCUT2D eigenvalue weighted by Crippen LogP contribution is -2.20. The predicted molar refractivity (Wildman–Crippen MR) is 57.9 cm³/mol. The first kappa shape index (κ1) is 15.6. The van der Waals surface area contributed by atoms with Crippen molar-refractivity contribution in [2.75, 3.05) is 0 Å². The Hall–Kier alpha value is -1.84. The average molecular weight is 212 g/mol. The van der Waals surface area contributed by atoms with E-state index in [4.69, 9.17) is 0 Å². The molecular formula is C11H16O4. The van der Waals surface area contributed by atoms with Crippen LogP contribution >= 0.6 is 0 Å². The van der Waals surface area contributed by atoms with Crippen molar-refractivity contribution in [2.24, 2.45) is 0 Å². The number of carbonyl (C=O) groups excluding carboxylic acids is 2. The molecule has 1 atom stereocenters. The van der Waals surface area contributed by atoms with Crippen LogP contribution in [0.3, 0.4) is 0 Å². The molecular weight excluding hydrogens is 196 g/mol. The fourth-order valence-corrected chi connectivity index (χ4v) is 0.487. The summed E-state index contributed by atoms with van der Waals surface area (Å²) >= 11 is 0. The van der Waals surface area contributed by atoms with Gasteiger partial charge in [0, 0.05) is 18.6 Å². The minimum absolute atomic E-state index is 0.251. The number of esters is 2. The normalized spacial score (nSPS) is 10.0. The number of rotatable bonds is 4. The van der Waals surface area contributed by atoms with Gasteiger partial charge in [-0.1, -0.05) is 13.2 Å². The van der Waals surface area contributed by atoms with E-state index in [0.717, 1.165) is 6.08 Å². The van der Waals surface area contributed by atoms with Crippen molar-refractivity contribution in [3.8, 4) is 0 Å². The minimum Gasteiger partial charge on any atom is -0.422 e. The van der Waals surface area contributed by atoms with Crippen LogP contribution in [0.15, 0.2) is 38.0 Å². The molecule has 0 radical (unpaired) electrons. The second kappa shape index (κ2) is 8.74. The zero-order valence-corrected chi connectivity index (χ0v) is 9.12. The maximum atomic E-state index is 10.9. The van der Waals surface area contributed by atoms with Crippen LogP contribution in [0.25, 0.3) is 0 Å². The van der Waals surface area contributed by atoms with Crippen LogP contribution in [-0.2, 0) is 19.1 Å². The second-order valence-electron chi connectivity index (χ2n) is 2.39. The first-order chi connectivity index (χ1) is 6.97. The average Bonchev–Trinajstić information content (AvgIpc) is 2.20. The Kier molecular flexibility index (Phi) is 9.11. The van der Waals surface area contributed by atoms with Gasteiger partial charge in [-0.05, 0) is 6.92 Å². The summed E-state index contributed by atoms with van der Waals surface area (Å²) in [4.78, 5) is 21.5. The summed E-state index contributed by atoms with van der Waals surface area (Å²) in [5.41, 5.74) is 0.251. The lowest BCUT2D eigenvalue weighted by molar-refractivity contribution is -0.177. The van der Waals surface area contributed by atoms with Crippen molar-refractivity contribution >= 4 is 11.9 Å². The monoisotopic (exact) mass is 212 g/mol. The number of hydrogen-bond acceptors (Lipinski definition) is 4. The van der Waals surface area contributed by atoms with Crippen molar-refractivity contribution in [2.45, 2.75) is 20.1 Å². The van der Waals surface area contributed by atoms with Crippen molar-refractivity contribution in [1.82, 2.24) is 0 Å². The highest BCUT2D eigenvalue weighted by Crippen LogP contribution is 2.00. The summed E-state index contributed by atoms with van der Waals surface area (Å²) in [6, 6.07) is 0. The fraction of sp³-hybridized carbons (Fsp3) is 0.273.